The number of rotatable bonds is 7. The van der Waals surface area contributed by atoms with Crippen molar-refractivity contribution in [2.75, 3.05) is 25.5 Å². The topological polar surface area (TPSA) is 88.9 Å². The number of hydrogen-bond acceptors (Lipinski definition) is 5. The first-order valence-electron chi connectivity index (χ1n) is 9.45. The summed E-state index contributed by atoms with van der Waals surface area (Å²) in [7, 11) is 1.43. The van der Waals surface area contributed by atoms with Gasteiger partial charge in [-0.25, -0.2) is 9.18 Å². The van der Waals surface area contributed by atoms with Crippen LogP contribution < -0.4 is 5.32 Å². The van der Waals surface area contributed by atoms with Gasteiger partial charge in [0.15, 0.2) is 6.61 Å². The molecule has 0 atom stereocenters. The summed E-state index contributed by atoms with van der Waals surface area (Å²) in [5, 5.41) is 2.69. The van der Waals surface area contributed by atoms with E-state index in [0.29, 0.717) is 17.0 Å². The number of benzene rings is 2. The van der Waals surface area contributed by atoms with Crippen LogP contribution in [0.4, 0.5) is 10.1 Å². The van der Waals surface area contributed by atoms with Crippen LogP contribution in [0.1, 0.15) is 16.1 Å². The molecule has 7 nitrogen and oxygen atoms in total. The van der Waals surface area contributed by atoms with Gasteiger partial charge in [0.05, 0.1) is 6.54 Å². The Morgan fingerprint density at radius 3 is 2.35 bits per heavy atom. The zero-order valence-corrected chi connectivity index (χ0v) is 17.1. The number of hydrogen-bond donors (Lipinski definition) is 1. The third-order valence-corrected chi connectivity index (χ3v) is 4.40. The largest absolute Gasteiger partial charge is 0.450 e. The van der Waals surface area contributed by atoms with Crippen LogP contribution in [0.15, 0.2) is 65.1 Å². The number of esters is 1. The van der Waals surface area contributed by atoms with Gasteiger partial charge in [-0.05, 0) is 55.5 Å². The van der Waals surface area contributed by atoms with Crippen LogP contribution in [0.2, 0.25) is 0 Å². The van der Waals surface area contributed by atoms with E-state index in [2.05, 4.69) is 5.32 Å². The van der Waals surface area contributed by atoms with Crippen molar-refractivity contribution < 1.29 is 27.9 Å². The van der Waals surface area contributed by atoms with Gasteiger partial charge < -0.3 is 19.4 Å². The number of anilines is 1. The SMILES string of the molecule is Cc1ccc(NC(=O)CN(C)C(=O)COC(=O)c2ccc(-c3ccc(F)cc3)o2)cc1. The molecule has 0 bridgehead atoms. The third kappa shape index (κ3) is 6.02. The summed E-state index contributed by atoms with van der Waals surface area (Å²) in [5.41, 5.74) is 2.28. The zero-order chi connectivity index (χ0) is 22.4. The van der Waals surface area contributed by atoms with E-state index in [1.165, 1.54) is 37.4 Å². The highest BCUT2D eigenvalue weighted by Gasteiger charge is 2.18. The van der Waals surface area contributed by atoms with Gasteiger partial charge in [-0.2, -0.15) is 0 Å². The molecule has 0 spiro atoms. The van der Waals surface area contributed by atoms with Crippen molar-refractivity contribution in [2.45, 2.75) is 6.92 Å². The van der Waals surface area contributed by atoms with Crippen molar-refractivity contribution in [1.82, 2.24) is 4.90 Å². The molecule has 8 heteroatoms. The molecule has 0 aliphatic carbocycles. The minimum absolute atomic E-state index is 0.0908. The number of halogens is 1. The van der Waals surface area contributed by atoms with Crippen LogP contribution in [0.3, 0.4) is 0 Å². The predicted octanol–water partition coefficient (Wildman–Crippen LogP) is 3.65. The van der Waals surface area contributed by atoms with Crippen molar-refractivity contribution in [1.29, 1.82) is 0 Å². The number of aryl methyl sites for hydroxylation is 1. The highest BCUT2D eigenvalue weighted by molar-refractivity contribution is 5.95. The second-order valence-corrected chi connectivity index (χ2v) is 6.91. The molecule has 3 rings (SSSR count). The van der Waals surface area contributed by atoms with E-state index in [9.17, 15) is 18.8 Å². The highest BCUT2D eigenvalue weighted by atomic mass is 19.1. The number of amides is 2. The number of furan rings is 1. The number of nitrogens with zero attached hydrogens (tertiary/aromatic N) is 1. The Morgan fingerprint density at radius 1 is 1.00 bits per heavy atom. The van der Waals surface area contributed by atoms with Crippen LogP contribution in [0, 0.1) is 12.7 Å². The van der Waals surface area contributed by atoms with Gasteiger partial charge in [0, 0.05) is 18.3 Å². The monoisotopic (exact) mass is 424 g/mol. The fourth-order valence-corrected chi connectivity index (χ4v) is 2.67. The van der Waals surface area contributed by atoms with Crippen molar-refractivity contribution in [3.05, 3.63) is 77.8 Å². The Morgan fingerprint density at radius 2 is 1.68 bits per heavy atom. The van der Waals surface area contributed by atoms with E-state index in [0.717, 1.165) is 10.5 Å². The van der Waals surface area contributed by atoms with Gasteiger partial charge in [0.2, 0.25) is 11.7 Å². The lowest BCUT2D eigenvalue weighted by molar-refractivity contribution is -0.136. The van der Waals surface area contributed by atoms with Gasteiger partial charge in [-0.3, -0.25) is 9.59 Å². The van der Waals surface area contributed by atoms with Crippen molar-refractivity contribution in [3.8, 4) is 11.3 Å². The summed E-state index contributed by atoms with van der Waals surface area (Å²) in [6.07, 6.45) is 0. The maximum absolute atomic E-state index is 13.0. The average Bonchev–Trinajstić information content (AvgIpc) is 3.24. The molecule has 160 valence electrons. The van der Waals surface area contributed by atoms with Crippen molar-refractivity contribution in [2.24, 2.45) is 0 Å². The van der Waals surface area contributed by atoms with Crippen LogP contribution in [-0.4, -0.2) is 42.9 Å². The Kier molecular flexibility index (Phi) is 6.81. The minimum Gasteiger partial charge on any atom is -0.450 e. The lowest BCUT2D eigenvalue weighted by atomic mass is 10.2. The summed E-state index contributed by atoms with van der Waals surface area (Å²) in [4.78, 5) is 37.5. The molecular weight excluding hydrogens is 403 g/mol. The van der Waals surface area contributed by atoms with Crippen LogP contribution in [0.25, 0.3) is 11.3 Å². The fraction of sp³-hybridized carbons (Fsp3) is 0.174. The van der Waals surface area contributed by atoms with E-state index in [-0.39, 0.29) is 24.0 Å². The van der Waals surface area contributed by atoms with Crippen LogP contribution in [-0.2, 0) is 14.3 Å². The van der Waals surface area contributed by atoms with E-state index in [1.54, 1.807) is 18.2 Å². The lowest BCUT2D eigenvalue weighted by Gasteiger charge is -2.16. The maximum atomic E-state index is 13.0. The Labute approximate surface area is 178 Å². The predicted molar refractivity (Wildman–Crippen MR) is 112 cm³/mol. The molecule has 1 N–H and O–H groups in total. The smallest absolute Gasteiger partial charge is 0.374 e. The second-order valence-electron chi connectivity index (χ2n) is 6.91. The first-order chi connectivity index (χ1) is 14.8. The highest BCUT2D eigenvalue weighted by Crippen LogP contribution is 2.22. The number of carbonyl (C=O) groups excluding carboxylic acids is 3. The molecule has 1 heterocycles. The second kappa shape index (κ2) is 9.71. The summed E-state index contributed by atoms with van der Waals surface area (Å²) >= 11 is 0. The summed E-state index contributed by atoms with van der Waals surface area (Å²) in [6, 6.07) is 15.8. The quantitative estimate of drug-likeness (QED) is 0.585. The minimum atomic E-state index is -0.820. The Bertz CT molecular complexity index is 1070. The van der Waals surface area contributed by atoms with Gasteiger partial charge in [0.25, 0.3) is 5.91 Å². The van der Waals surface area contributed by atoms with Crippen LogP contribution >= 0.6 is 0 Å². The third-order valence-electron chi connectivity index (χ3n) is 4.40. The molecule has 0 saturated carbocycles. The number of nitrogens with one attached hydrogen (secondary N) is 1. The van der Waals surface area contributed by atoms with Crippen molar-refractivity contribution in [3.63, 3.8) is 0 Å². The molecule has 3 aromatic rings. The Hall–Kier alpha value is -3.94. The molecule has 0 saturated heterocycles. The standard InChI is InChI=1S/C23H21FN2O5/c1-15-3-9-18(10-4-15)25-21(27)13-26(2)22(28)14-30-23(29)20-12-11-19(31-20)16-5-7-17(24)8-6-16/h3-12H,13-14H2,1-2H3,(H,25,27). The number of likely N-dealkylation sites (N-methyl/N-ethyl adjacent to an activating group) is 1. The molecule has 0 radical (unpaired) electrons. The molecule has 0 aliphatic heterocycles. The maximum Gasteiger partial charge on any atom is 0.374 e. The fourth-order valence-electron chi connectivity index (χ4n) is 2.67. The molecular formula is C23H21FN2O5. The van der Waals surface area contributed by atoms with Gasteiger partial charge in [0.1, 0.15) is 11.6 Å². The molecule has 2 aromatic carbocycles. The van der Waals surface area contributed by atoms with Gasteiger partial charge in [-0.15, -0.1) is 0 Å². The van der Waals surface area contributed by atoms with Gasteiger partial charge in [-0.1, -0.05) is 17.7 Å². The van der Waals surface area contributed by atoms with E-state index in [4.69, 9.17) is 9.15 Å². The zero-order valence-electron chi connectivity index (χ0n) is 17.1. The summed E-state index contributed by atoms with van der Waals surface area (Å²) < 4.78 is 23.4. The lowest BCUT2D eigenvalue weighted by Crippen LogP contribution is -2.37. The van der Waals surface area contributed by atoms with E-state index < -0.39 is 18.5 Å². The molecule has 1 aromatic heterocycles. The molecule has 0 aliphatic rings. The number of carbonyl (C=O) groups is 3. The molecule has 0 unspecified atom stereocenters. The van der Waals surface area contributed by atoms with E-state index >= 15 is 0 Å². The summed E-state index contributed by atoms with van der Waals surface area (Å²) in [5.74, 6) is -1.85. The first kappa shape index (κ1) is 21.8. The molecule has 2 amide bonds. The first-order valence-corrected chi connectivity index (χ1v) is 9.45. The van der Waals surface area contributed by atoms with Crippen LogP contribution in [0.5, 0.6) is 0 Å². The average molecular weight is 424 g/mol. The molecule has 31 heavy (non-hydrogen) atoms. The molecule has 0 fully saturated rings. The normalized spacial score (nSPS) is 10.4. The van der Waals surface area contributed by atoms with E-state index in [1.807, 2.05) is 19.1 Å². The number of ether oxygens (including phenoxy) is 1. The summed E-state index contributed by atoms with van der Waals surface area (Å²) in [6.45, 7) is 1.20. The van der Waals surface area contributed by atoms with Gasteiger partial charge >= 0.3 is 5.97 Å². The Balaban J connectivity index is 1.48. The van der Waals surface area contributed by atoms with Crippen molar-refractivity contribution >= 4 is 23.5 Å².